The Morgan fingerprint density at radius 2 is 1.72 bits per heavy atom. The van der Waals surface area contributed by atoms with Crippen LogP contribution in [0.1, 0.15) is 11.3 Å². The molecule has 1 aromatic heterocycles. The van der Waals surface area contributed by atoms with E-state index in [2.05, 4.69) is 9.98 Å². The van der Waals surface area contributed by atoms with E-state index in [0.29, 0.717) is 11.4 Å². The maximum absolute atomic E-state index is 12.3. The number of aromatic nitrogens is 1. The van der Waals surface area contributed by atoms with Gasteiger partial charge in [-0.05, 0) is 24.3 Å². The van der Waals surface area contributed by atoms with Crippen LogP contribution in [-0.4, -0.2) is 6.21 Å². The van der Waals surface area contributed by atoms with Crippen molar-refractivity contribution in [3.05, 3.63) is 53.9 Å². The standard InChI is InChI=1S/C12H8F3N2.Cr/c13-12(14,15)9-3-5-10(6-4-9)17-8-11-2-1-7-16-11;/h1-8H;/q-1;. The molecule has 0 spiro atoms. The minimum atomic E-state index is -4.31. The summed E-state index contributed by atoms with van der Waals surface area (Å²) in [6, 6.07) is 8.17. The second-order valence-corrected chi connectivity index (χ2v) is 3.36. The zero-order valence-corrected chi connectivity index (χ0v) is 10.3. The number of benzene rings is 1. The summed E-state index contributed by atoms with van der Waals surface area (Å²) in [7, 11) is 0. The zero-order valence-electron chi connectivity index (χ0n) is 9.06. The summed E-state index contributed by atoms with van der Waals surface area (Å²) in [6.45, 7) is 0. The van der Waals surface area contributed by atoms with Gasteiger partial charge in [0.15, 0.2) is 0 Å². The molecule has 0 aliphatic rings. The molecule has 94 valence electrons. The zero-order chi connectivity index (χ0) is 12.3. The van der Waals surface area contributed by atoms with Crippen molar-refractivity contribution in [1.29, 1.82) is 0 Å². The van der Waals surface area contributed by atoms with Gasteiger partial charge in [-0.25, -0.2) is 0 Å². The number of alkyl halides is 3. The van der Waals surface area contributed by atoms with Crippen molar-refractivity contribution in [3.63, 3.8) is 0 Å². The Morgan fingerprint density at radius 1 is 1.06 bits per heavy atom. The number of halogens is 3. The smallest absolute Gasteiger partial charge is 0.416 e. The van der Waals surface area contributed by atoms with E-state index in [1.807, 2.05) is 0 Å². The number of aliphatic imine (C=N–C) groups is 1. The fourth-order valence-electron chi connectivity index (χ4n) is 1.27. The van der Waals surface area contributed by atoms with Crippen molar-refractivity contribution in [2.45, 2.75) is 6.18 Å². The third kappa shape index (κ3) is 3.76. The monoisotopic (exact) mass is 289 g/mol. The Hall–Kier alpha value is -1.51. The summed E-state index contributed by atoms with van der Waals surface area (Å²) in [6.07, 6.45) is -1.19. The topological polar surface area (TPSA) is 26.5 Å². The Balaban J connectivity index is 0.00000162. The predicted octanol–water partition coefficient (Wildman–Crippen LogP) is 3.41. The minimum Gasteiger partial charge on any atom is -0.663 e. The molecule has 0 N–H and O–H groups in total. The number of hydrogen-bond acceptors (Lipinski definition) is 1. The molecule has 0 unspecified atom stereocenters. The molecule has 0 aliphatic heterocycles. The van der Waals surface area contributed by atoms with Gasteiger partial charge >= 0.3 is 6.18 Å². The van der Waals surface area contributed by atoms with E-state index in [1.54, 1.807) is 18.3 Å². The van der Waals surface area contributed by atoms with Crippen LogP contribution < -0.4 is 4.98 Å². The molecule has 0 aliphatic carbocycles. The van der Waals surface area contributed by atoms with Gasteiger partial charge in [0.05, 0.1) is 11.3 Å². The van der Waals surface area contributed by atoms with Crippen LogP contribution in [0.15, 0.2) is 47.6 Å². The van der Waals surface area contributed by atoms with E-state index in [-0.39, 0.29) is 17.4 Å². The van der Waals surface area contributed by atoms with E-state index >= 15 is 0 Å². The van der Waals surface area contributed by atoms with Crippen molar-refractivity contribution < 1.29 is 30.5 Å². The maximum Gasteiger partial charge on any atom is 0.416 e. The van der Waals surface area contributed by atoms with E-state index in [9.17, 15) is 13.2 Å². The van der Waals surface area contributed by atoms with Crippen LogP contribution in [-0.2, 0) is 23.5 Å². The first kappa shape index (κ1) is 14.6. The van der Waals surface area contributed by atoms with Gasteiger partial charge in [0.1, 0.15) is 0 Å². The van der Waals surface area contributed by atoms with Gasteiger partial charge in [-0.2, -0.15) is 19.4 Å². The van der Waals surface area contributed by atoms with Crippen LogP contribution >= 0.6 is 0 Å². The van der Waals surface area contributed by atoms with Crippen molar-refractivity contribution >= 4 is 11.9 Å². The molecule has 18 heavy (non-hydrogen) atoms. The molecule has 0 fully saturated rings. The van der Waals surface area contributed by atoms with Crippen LogP contribution in [0.25, 0.3) is 0 Å². The molecular weight excluding hydrogens is 281 g/mol. The second-order valence-electron chi connectivity index (χ2n) is 3.36. The van der Waals surface area contributed by atoms with Crippen LogP contribution in [0.2, 0.25) is 0 Å². The van der Waals surface area contributed by atoms with Gasteiger partial charge in [-0.15, -0.1) is 5.69 Å². The minimum absolute atomic E-state index is 0. The molecule has 0 saturated carbocycles. The van der Waals surface area contributed by atoms with Crippen molar-refractivity contribution in [2.75, 3.05) is 0 Å². The molecule has 0 amide bonds. The van der Waals surface area contributed by atoms with E-state index < -0.39 is 11.7 Å². The molecule has 0 saturated heterocycles. The summed E-state index contributed by atoms with van der Waals surface area (Å²) in [5, 5.41) is 0. The molecule has 0 radical (unpaired) electrons. The molecule has 0 bridgehead atoms. The van der Waals surface area contributed by atoms with Gasteiger partial charge in [0, 0.05) is 23.6 Å². The molecule has 1 heterocycles. The molecule has 0 atom stereocenters. The maximum atomic E-state index is 12.3. The fraction of sp³-hybridized carbons (Fsp3) is 0.0833. The Morgan fingerprint density at radius 3 is 2.22 bits per heavy atom. The average molecular weight is 289 g/mol. The summed E-state index contributed by atoms with van der Waals surface area (Å²) >= 11 is 0. The predicted molar refractivity (Wildman–Crippen MR) is 58.5 cm³/mol. The number of hydrogen-bond donors (Lipinski definition) is 0. The Labute approximate surface area is 113 Å². The van der Waals surface area contributed by atoms with Gasteiger partial charge in [-0.3, -0.25) is 4.99 Å². The van der Waals surface area contributed by atoms with Crippen molar-refractivity contribution in [2.24, 2.45) is 4.99 Å². The Kier molecular flexibility index (Phi) is 4.77. The van der Waals surface area contributed by atoms with Crippen molar-refractivity contribution in [1.82, 2.24) is 4.98 Å². The SMILES string of the molecule is FC(F)(F)c1ccc(N=Cc2ccc[n-]2)cc1.[Cr]. The van der Waals surface area contributed by atoms with Crippen LogP contribution in [0.5, 0.6) is 0 Å². The first-order valence-electron chi connectivity index (χ1n) is 4.85. The van der Waals surface area contributed by atoms with Gasteiger partial charge in [-0.1, -0.05) is 12.1 Å². The fourth-order valence-corrected chi connectivity index (χ4v) is 1.27. The van der Waals surface area contributed by atoms with Gasteiger partial charge in [0.2, 0.25) is 0 Å². The van der Waals surface area contributed by atoms with Crippen LogP contribution in [0.4, 0.5) is 18.9 Å². The third-order valence-electron chi connectivity index (χ3n) is 2.12. The summed E-state index contributed by atoms with van der Waals surface area (Å²) in [5.41, 5.74) is 0.453. The van der Waals surface area contributed by atoms with E-state index in [4.69, 9.17) is 0 Å². The summed E-state index contributed by atoms with van der Waals surface area (Å²) < 4.78 is 36.8. The number of rotatable bonds is 2. The van der Waals surface area contributed by atoms with Crippen molar-refractivity contribution in [3.8, 4) is 0 Å². The average Bonchev–Trinajstić information content (AvgIpc) is 2.78. The second kappa shape index (κ2) is 5.90. The largest absolute Gasteiger partial charge is 0.663 e. The van der Waals surface area contributed by atoms with E-state index in [0.717, 1.165) is 12.1 Å². The molecule has 2 aromatic rings. The molecule has 6 heteroatoms. The first-order valence-corrected chi connectivity index (χ1v) is 4.85. The van der Waals surface area contributed by atoms with E-state index in [1.165, 1.54) is 18.3 Å². The normalized spacial score (nSPS) is 11.5. The van der Waals surface area contributed by atoms with Crippen LogP contribution in [0, 0.1) is 0 Å². The first-order chi connectivity index (χ1) is 8.05. The van der Waals surface area contributed by atoms with Gasteiger partial charge in [0.25, 0.3) is 0 Å². The molecule has 1 aromatic carbocycles. The molecule has 2 nitrogen and oxygen atoms in total. The molecular formula is C12H8CrF3N2-. The number of nitrogens with zero attached hydrogens (tertiary/aromatic N) is 2. The Bertz CT molecular complexity index is 501. The molecule has 2 rings (SSSR count). The van der Waals surface area contributed by atoms with Gasteiger partial charge < -0.3 is 4.98 Å². The quantitative estimate of drug-likeness (QED) is 0.778. The summed E-state index contributed by atoms with van der Waals surface area (Å²) in [5.74, 6) is 0. The van der Waals surface area contributed by atoms with Crippen LogP contribution in [0.3, 0.4) is 0 Å². The summed E-state index contributed by atoms with van der Waals surface area (Å²) in [4.78, 5) is 7.98. The third-order valence-corrected chi connectivity index (χ3v) is 2.12.